The highest BCUT2D eigenvalue weighted by Gasteiger charge is 2.56. The van der Waals surface area contributed by atoms with Crippen molar-refractivity contribution in [3.8, 4) is 0 Å². The van der Waals surface area contributed by atoms with Gasteiger partial charge in [-0.15, -0.1) is 0 Å². The van der Waals surface area contributed by atoms with E-state index in [9.17, 15) is 10.3 Å². The van der Waals surface area contributed by atoms with Crippen LogP contribution in [0.2, 0.25) is 0 Å². The van der Waals surface area contributed by atoms with Gasteiger partial charge in [-0.2, -0.15) is 0 Å². The Morgan fingerprint density at radius 3 is 2.32 bits per heavy atom. The molecule has 1 atom stereocenters. The SMILES string of the molecule is CN(C(=O)C(N=[N+]=[N-])C12CC3CC(CC(C3)C1)C2)c1ccccc1I. The Hall–Kier alpha value is -1.27. The first-order valence-electron chi connectivity index (χ1n) is 9.09. The molecule has 0 aliphatic heterocycles. The summed E-state index contributed by atoms with van der Waals surface area (Å²) in [6, 6.07) is 7.27. The van der Waals surface area contributed by atoms with Gasteiger partial charge in [0.05, 0.1) is 5.69 Å². The first-order chi connectivity index (χ1) is 12.0. The number of carbonyl (C=O) groups is 1. The highest BCUT2D eigenvalue weighted by atomic mass is 127. The fourth-order valence-corrected chi connectivity index (χ4v) is 6.77. The molecule has 4 bridgehead atoms. The summed E-state index contributed by atoms with van der Waals surface area (Å²) >= 11 is 2.25. The third-order valence-corrected chi connectivity index (χ3v) is 7.52. The van der Waals surface area contributed by atoms with Crippen LogP contribution in [0.5, 0.6) is 0 Å². The number of hydrogen-bond donors (Lipinski definition) is 0. The highest BCUT2D eigenvalue weighted by Crippen LogP contribution is 2.62. The average Bonchev–Trinajstić information content (AvgIpc) is 2.57. The summed E-state index contributed by atoms with van der Waals surface area (Å²) in [5, 5.41) is 4.08. The van der Waals surface area contributed by atoms with Gasteiger partial charge in [-0.3, -0.25) is 4.79 Å². The molecule has 4 saturated carbocycles. The van der Waals surface area contributed by atoms with E-state index in [4.69, 9.17) is 0 Å². The lowest BCUT2D eigenvalue weighted by Gasteiger charge is -2.58. The van der Waals surface area contributed by atoms with E-state index in [1.165, 1.54) is 19.3 Å². The van der Waals surface area contributed by atoms with Gasteiger partial charge in [-0.05, 0) is 102 Å². The van der Waals surface area contributed by atoms with Gasteiger partial charge in [-0.1, -0.05) is 17.2 Å². The van der Waals surface area contributed by atoms with Crippen LogP contribution < -0.4 is 4.90 Å². The van der Waals surface area contributed by atoms with Crippen molar-refractivity contribution in [1.82, 2.24) is 0 Å². The molecular formula is C19H23IN4O. The molecular weight excluding hydrogens is 427 g/mol. The van der Waals surface area contributed by atoms with Crippen molar-refractivity contribution in [2.24, 2.45) is 28.3 Å². The monoisotopic (exact) mass is 450 g/mol. The molecule has 4 aliphatic rings. The Kier molecular flexibility index (Phi) is 4.44. The molecule has 6 heteroatoms. The number of para-hydroxylation sites is 1. The van der Waals surface area contributed by atoms with Crippen LogP contribution in [0.4, 0.5) is 5.69 Å². The normalized spacial score (nSPS) is 33.6. The lowest BCUT2D eigenvalue weighted by atomic mass is 9.47. The smallest absolute Gasteiger partial charge is 0.236 e. The molecule has 4 aliphatic carbocycles. The molecule has 0 N–H and O–H groups in total. The highest BCUT2D eigenvalue weighted by molar-refractivity contribution is 14.1. The van der Waals surface area contributed by atoms with Crippen LogP contribution in [-0.2, 0) is 4.79 Å². The van der Waals surface area contributed by atoms with Crippen LogP contribution in [0.3, 0.4) is 0 Å². The van der Waals surface area contributed by atoms with Crippen molar-refractivity contribution < 1.29 is 4.79 Å². The number of nitrogens with zero attached hydrogens (tertiary/aromatic N) is 4. The lowest BCUT2D eigenvalue weighted by Crippen LogP contribution is -2.55. The summed E-state index contributed by atoms with van der Waals surface area (Å²) in [5.74, 6) is 2.11. The van der Waals surface area contributed by atoms with Crippen LogP contribution >= 0.6 is 22.6 Å². The number of carbonyl (C=O) groups excluding carboxylic acids is 1. The predicted octanol–water partition coefficient (Wildman–Crippen LogP) is 5.15. The van der Waals surface area contributed by atoms with Crippen molar-refractivity contribution in [3.05, 3.63) is 38.3 Å². The van der Waals surface area contributed by atoms with Crippen LogP contribution in [-0.4, -0.2) is 19.0 Å². The number of benzene rings is 1. The molecule has 5 nitrogen and oxygen atoms in total. The minimum absolute atomic E-state index is 0.0520. The second-order valence-electron chi connectivity index (χ2n) is 8.24. The van der Waals surface area contributed by atoms with E-state index >= 15 is 0 Å². The van der Waals surface area contributed by atoms with Gasteiger partial charge >= 0.3 is 0 Å². The summed E-state index contributed by atoms with van der Waals surface area (Å²) in [6.07, 6.45) is 7.07. The maximum atomic E-state index is 13.4. The number of halogens is 1. The third kappa shape index (κ3) is 2.93. The van der Waals surface area contributed by atoms with E-state index in [1.807, 2.05) is 24.3 Å². The van der Waals surface area contributed by atoms with E-state index in [0.29, 0.717) is 0 Å². The van der Waals surface area contributed by atoms with Crippen LogP contribution in [0.25, 0.3) is 10.4 Å². The van der Waals surface area contributed by atoms with Crippen molar-refractivity contribution in [2.45, 2.75) is 44.6 Å². The zero-order valence-corrected chi connectivity index (χ0v) is 16.6. The van der Waals surface area contributed by atoms with Crippen molar-refractivity contribution >= 4 is 34.2 Å². The fourth-order valence-electron chi connectivity index (χ4n) is 6.02. The maximum Gasteiger partial charge on any atom is 0.236 e. The second-order valence-corrected chi connectivity index (χ2v) is 9.40. The molecule has 0 radical (unpaired) electrons. The lowest BCUT2D eigenvalue weighted by molar-refractivity contribution is -0.130. The molecule has 25 heavy (non-hydrogen) atoms. The van der Waals surface area contributed by atoms with Crippen molar-refractivity contribution in [1.29, 1.82) is 0 Å². The minimum Gasteiger partial charge on any atom is -0.314 e. The summed E-state index contributed by atoms with van der Waals surface area (Å²) in [4.78, 5) is 18.1. The summed E-state index contributed by atoms with van der Waals surface area (Å²) in [5.41, 5.74) is 9.95. The van der Waals surface area contributed by atoms with Crippen molar-refractivity contribution in [2.75, 3.05) is 11.9 Å². The van der Waals surface area contributed by atoms with Gasteiger partial charge in [0.2, 0.25) is 5.91 Å². The molecule has 1 amide bonds. The molecule has 1 aromatic carbocycles. The molecule has 4 fully saturated rings. The van der Waals surface area contributed by atoms with Gasteiger partial charge < -0.3 is 4.90 Å². The quantitative estimate of drug-likeness (QED) is 0.271. The fraction of sp³-hybridized carbons (Fsp3) is 0.632. The average molecular weight is 450 g/mol. The first kappa shape index (κ1) is 17.2. The van der Waals surface area contributed by atoms with E-state index < -0.39 is 6.04 Å². The predicted molar refractivity (Wildman–Crippen MR) is 106 cm³/mol. The Morgan fingerprint density at radius 1 is 1.24 bits per heavy atom. The Labute approximate surface area is 161 Å². The topological polar surface area (TPSA) is 69.1 Å². The van der Waals surface area contributed by atoms with Gasteiger partial charge in [-0.25, -0.2) is 0 Å². The zero-order chi connectivity index (χ0) is 17.6. The van der Waals surface area contributed by atoms with Crippen LogP contribution in [0.15, 0.2) is 29.4 Å². The van der Waals surface area contributed by atoms with E-state index in [-0.39, 0.29) is 11.3 Å². The molecule has 0 saturated heterocycles. The molecule has 1 unspecified atom stereocenters. The van der Waals surface area contributed by atoms with Crippen molar-refractivity contribution in [3.63, 3.8) is 0 Å². The van der Waals surface area contributed by atoms with Crippen LogP contribution in [0.1, 0.15) is 38.5 Å². The van der Waals surface area contributed by atoms with E-state index in [1.54, 1.807) is 11.9 Å². The second kappa shape index (κ2) is 6.47. The summed E-state index contributed by atoms with van der Waals surface area (Å²) < 4.78 is 1.03. The van der Waals surface area contributed by atoms with Gasteiger partial charge in [0, 0.05) is 15.5 Å². The number of hydrogen-bond acceptors (Lipinski definition) is 2. The number of azide groups is 1. The number of amides is 1. The standard InChI is InChI=1S/C19H23IN4O/c1-24(16-5-3-2-4-15(16)20)18(25)17(22-23-21)19-9-12-6-13(10-19)8-14(7-12)11-19/h2-5,12-14,17H,6-11H2,1H3. The number of rotatable bonds is 4. The summed E-state index contributed by atoms with van der Waals surface area (Å²) in [7, 11) is 1.81. The first-order valence-corrected chi connectivity index (χ1v) is 10.2. The van der Waals surface area contributed by atoms with Crippen LogP contribution in [0, 0.1) is 26.7 Å². The number of anilines is 1. The Balaban J connectivity index is 1.67. The van der Waals surface area contributed by atoms with Gasteiger partial charge in [0.25, 0.3) is 0 Å². The third-order valence-electron chi connectivity index (χ3n) is 6.61. The molecule has 0 spiro atoms. The summed E-state index contributed by atoms with van der Waals surface area (Å²) in [6.45, 7) is 0. The zero-order valence-electron chi connectivity index (χ0n) is 14.4. The largest absolute Gasteiger partial charge is 0.314 e. The minimum atomic E-state index is -0.577. The Morgan fingerprint density at radius 2 is 1.80 bits per heavy atom. The van der Waals surface area contributed by atoms with E-state index in [0.717, 1.165) is 46.3 Å². The molecule has 132 valence electrons. The maximum absolute atomic E-state index is 13.4. The van der Waals surface area contributed by atoms with E-state index in [2.05, 4.69) is 32.6 Å². The van der Waals surface area contributed by atoms with Gasteiger partial charge in [0.15, 0.2) is 0 Å². The van der Waals surface area contributed by atoms with Gasteiger partial charge in [0.1, 0.15) is 6.04 Å². The number of likely N-dealkylation sites (N-methyl/N-ethyl adjacent to an activating group) is 1. The molecule has 0 aromatic heterocycles. The molecule has 1 aromatic rings. The molecule has 0 heterocycles. The molecule has 5 rings (SSSR count). The Bertz CT molecular complexity index is 707.